The Morgan fingerprint density at radius 1 is 1.20 bits per heavy atom. The largest absolute Gasteiger partial charge is 0.384 e. The van der Waals surface area contributed by atoms with Crippen molar-refractivity contribution in [3.63, 3.8) is 0 Å². The summed E-state index contributed by atoms with van der Waals surface area (Å²) in [6, 6.07) is 12.8. The highest BCUT2D eigenvalue weighted by atomic mass is 32.1. The molecule has 4 heteroatoms. The molecule has 2 heterocycles. The lowest BCUT2D eigenvalue weighted by Gasteiger charge is -2.15. The Bertz CT molecular complexity index is 949. The molecule has 0 spiro atoms. The topological polar surface area (TPSA) is 38.1 Å². The van der Waals surface area contributed by atoms with Crippen molar-refractivity contribution in [1.29, 1.82) is 0 Å². The first-order valence-electron chi connectivity index (χ1n) is 8.32. The van der Waals surface area contributed by atoms with Crippen LogP contribution in [0.5, 0.6) is 0 Å². The van der Waals surface area contributed by atoms with Gasteiger partial charge in [-0.3, -0.25) is 0 Å². The van der Waals surface area contributed by atoms with Crippen LogP contribution < -0.4 is 0 Å². The number of benzene rings is 1. The molecule has 0 radical (unpaired) electrons. The van der Waals surface area contributed by atoms with E-state index in [0.29, 0.717) is 6.04 Å². The van der Waals surface area contributed by atoms with E-state index in [1.807, 2.05) is 29.9 Å². The molecule has 124 valence electrons. The maximum absolute atomic E-state index is 8.91. The third-order valence-electron chi connectivity index (χ3n) is 4.36. The monoisotopic (exact) mass is 346 g/mol. The lowest BCUT2D eigenvalue weighted by atomic mass is 10.1. The summed E-state index contributed by atoms with van der Waals surface area (Å²) < 4.78 is 2.30. The summed E-state index contributed by atoms with van der Waals surface area (Å²) in [7, 11) is 0. The molecular formula is C21H18N2OS. The Labute approximate surface area is 151 Å². The molecule has 0 atom stereocenters. The fraction of sp³-hybridized carbons (Fsp3) is 0.190. The van der Waals surface area contributed by atoms with Gasteiger partial charge in [0.15, 0.2) is 0 Å². The number of allylic oxidation sites excluding steroid dienone is 2. The van der Waals surface area contributed by atoms with Gasteiger partial charge in [-0.2, -0.15) is 0 Å². The summed E-state index contributed by atoms with van der Waals surface area (Å²) in [5.74, 6) is 5.71. The van der Waals surface area contributed by atoms with Gasteiger partial charge in [0.2, 0.25) is 0 Å². The van der Waals surface area contributed by atoms with E-state index in [1.54, 1.807) is 11.3 Å². The molecule has 0 unspecified atom stereocenters. The Hall–Kier alpha value is -2.61. The lowest BCUT2D eigenvalue weighted by Crippen LogP contribution is -2.05. The molecular weight excluding hydrogens is 328 g/mol. The summed E-state index contributed by atoms with van der Waals surface area (Å²) in [4.78, 5) is 5.90. The molecule has 0 fully saturated rings. The number of aliphatic hydroxyl groups excluding tert-OH is 1. The Morgan fingerprint density at radius 3 is 2.76 bits per heavy atom. The average Bonchev–Trinajstić information content (AvgIpc) is 3.39. The van der Waals surface area contributed by atoms with Gasteiger partial charge in [0, 0.05) is 22.5 Å². The van der Waals surface area contributed by atoms with Crippen LogP contribution in [0.4, 0.5) is 0 Å². The molecule has 3 nitrogen and oxygen atoms in total. The third kappa shape index (κ3) is 3.17. The van der Waals surface area contributed by atoms with Crippen molar-refractivity contribution < 1.29 is 5.11 Å². The minimum atomic E-state index is -0.119. The van der Waals surface area contributed by atoms with Crippen molar-refractivity contribution in [2.45, 2.75) is 18.9 Å². The fourth-order valence-electron chi connectivity index (χ4n) is 3.19. The first-order chi connectivity index (χ1) is 12.4. The molecule has 3 aromatic rings. The van der Waals surface area contributed by atoms with Crippen molar-refractivity contribution in [1.82, 2.24) is 9.55 Å². The van der Waals surface area contributed by atoms with Gasteiger partial charge >= 0.3 is 0 Å². The molecule has 0 saturated heterocycles. The number of rotatable bonds is 3. The number of aliphatic hydroxyl groups is 1. The minimum Gasteiger partial charge on any atom is -0.384 e. The van der Waals surface area contributed by atoms with Gasteiger partial charge in [0.1, 0.15) is 6.61 Å². The molecule has 2 aromatic heterocycles. The van der Waals surface area contributed by atoms with E-state index in [1.165, 1.54) is 0 Å². The van der Waals surface area contributed by atoms with Crippen molar-refractivity contribution >= 4 is 11.3 Å². The van der Waals surface area contributed by atoms with Crippen LogP contribution >= 0.6 is 11.3 Å². The van der Waals surface area contributed by atoms with Crippen LogP contribution in [-0.2, 0) is 0 Å². The van der Waals surface area contributed by atoms with Crippen LogP contribution in [0, 0.1) is 11.8 Å². The number of nitrogens with zero attached hydrogens (tertiary/aromatic N) is 2. The summed E-state index contributed by atoms with van der Waals surface area (Å²) >= 11 is 1.67. The number of aromatic nitrogens is 2. The van der Waals surface area contributed by atoms with Gasteiger partial charge in [-0.25, -0.2) is 4.98 Å². The molecule has 0 amide bonds. The molecule has 1 aliphatic rings. The molecule has 1 aliphatic carbocycles. The smallest absolute Gasteiger partial charge is 0.104 e. The number of thiophene rings is 1. The van der Waals surface area contributed by atoms with Gasteiger partial charge in [-0.15, -0.1) is 11.3 Å². The maximum Gasteiger partial charge on any atom is 0.104 e. The molecule has 1 aromatic carbocycles. The van der Waals surface area contributed by atoms with E-state index < -0.39 is 0 Å². The van der Waals surface area contributed by atoms with E-state index in [9.17, 15) is 0 Å². The second-order valence-electron chi connectivity index (χ2n) is 5.97. The van der Waals surface area contributed by atoms with E-state index in [2.05, 4.69) is 46.8 Å². The third-order valence-corrected chi connectivity index (χ3v) is 5.30. The molecule has 25 heavy (non-hydrogen) atoms. The minimum absolute atomic E-state index is 0.119. The first-order valence-corrected chi connectivity index (χ1v) is 9.20. The maximum atomic E-state index is 8.91. The van der Waals surface area contributed by atoms with Crippen LogP contribution in [0.1, 0.15) is 24.4 Å². The predicted molar refractivity (Wildman–Crippen MR) is 102 cm³/mol. The van der Waals surface area contributed by atoms with E-state index in [0.717, 1.165) is 40.2 Å². The van der Waals surface area contributed by atoms with E-state index >= 15 is 0 Å². The summed E-state index contributed by atoms with van der Waals surface area (Å²) in [5.41, 5.74) is 4.22. The molecule has 4 rings (SSSR count). The van der Waals surface area contributed by atoms with E-state index in [-0.39, 0.29) is 6.61 Å². The van der Waals surface area contributed by atoms with Crippen LogP contribution in [-0.4, -0.2) is 21.3 Å². The Morgan fingerprint density at radius 2 is 2.00 bits per heavy atom. The van der Waals surface area contributed by atoms with Crippen molar-refractivity contribution in [3.05, 3.63) is 65.8 Å². The molecule has 0 aliphatic heterocycles. The van der Waals surface area contributed by atoms with Gasteiger partial charge in [0.05, 0.1) is 22.6 Å². The quantitative estimate of drug-likeness (QED) is 0.559. The highest BCUT2D eigenvalue weighted by Crippen LogP contribution is 2.38. The van der Waals surface area contributed by atoms with E-state index in [4.69, 9.17) is 10.1 Å². The van der Waals surface area contributed by atoms with Crippen molar-refractivity contribution in [2.24, 2.45) is 0 Å². The highest BCUT2D eigenvalue weighted by molar-refractivity contribution is 7.13. The second-order valence-corrected chi connectivity index (χ2v) is 6.88. The number of hydrogen-bond donors (Lipinski definition) is 1. The van der Waals surface area contributed by atoms with Crippen molar-refractivity contribution in [2.75, 3.05) is 6.61 Å². The highest BCUT2D eigenvalue weighted by Gasteiger charge is 2.22. The summed E-state index contributed by atoms with van der Waals surface area (Å²) in [5, 5.41) is 10.9. The lowest BCUT2D eigenvalue weighted by molar-refractivity contribution is 0.350. The fourth-order valence-corrected chi connectivity index (χ4v) is 4.08. The van der Waals surface area contributed by atoms with Gasteiger partial charge < -0.3 is 9.67 Å². The van der Waals surface area contributed by atoms with Gasteiger partial charge in [-0.1, -0.05) is 54.3 Å². The first kappa shape index (κ1) is 15.9. The summed E-state index contributed by atoms with van der Waals surface area (Å²) in [6.45, 7) is -0.119. The van der Waals surface area contributed by atoms with Crippen LogP contribution in [0.3, 0.4) is 0 Å². The average molecular weight is 346 g/mol. The van der Waals surface area contributed by atoms with Crippen LogP contribution in [0.25, 0.3) is 21.8 Å². The number of hydrogen-bond acceptors (Lipinski definition) is 3. The normalized spacial score (nSPS) is 13.8. The Balaban J connectivity index is 1.83. The van der Waals surface area contributed by atoms with Gasteiger partial charge in [0.25, 0.3) is 0 Å². The van der Waals surface area contributed by atoms with Crippen molar-refractivity contribution in [3.8, 4) is 33.7 Å². The molecule has 0 bridgehead atoms. The zero-order valence-electron chi connectivity index (χ0n) is 13.7. The molecule has 0 saturated carbocycles. The molecule has 1 N–H and O–H groups in total. The van der Waals surface area contributed by atoms with Crippen LogP contribution in [0.15, 0.2) is 60.3 Å². The predicted octanol–water partition coefficient (Wildman–Crippen LogP) is 4.51. The number of imidazole rings is 1. The SMILES string of the molecule is OCC#Cc1csc(-c2c(-c3ccccc3)ncn2C2CC=CC2)c1. The van der Waals surface area contributed by atoms with Crippen LogP contribution in [0.2, 0.25) is 0 Å². The van der Waals surface area contributed by atoms with Gasteiger partial charge in [-0.05, 0) is 18.9 Å². The standard InChI is InChI=1S/C21H18N2OS/c24-12-6-7-16-13-19(25-14-16)21-20(17-8-2-1-3-9-17)22-15-23(21)18-10-4-5-11-18/h1-5,8-9,13-15,18,24H,10-12H2. The summed E-state index contributed by atoms with van der Waals surface area (Å²) in [6.07, 6.45) is 8.53. The Kier molecular flexibility index (Phi) is 4.51. The zero-order valence-corrected chi connectivity index (χ0v) is 14.5. The second kappa shape index (κ2) is 7.10. The zero-order chi connectivity index (χ0) is 17.1.